The average molecular weight is 228 g/mol. The van der Waals surface area contributed by atoms with Crippen molar-refractivity contribution in [3.63, 3.8) is 0 Å². The van der Waals surface area contributed by atoms with Crippen LogP contribution in [0, 0.1) is 0 Å². The molecule has 0 bridgehead atoms. The number of hydrogen-bond donors (Lipinski definition) is 0. The normalized spacial score (nSPS) is 16.3. The second-order valence-electron chi connectivity index (χ2n) is 2.31. The summed E-state index contributed by atoms with van der Waals surface area (Å²) in [6.07, 6.45) is 1.04. The number of aromatic nitrogens is 2. The van der Waals surface area contributed by atoms with Crippen LogP contribution in [-0.4, -0.2) is 25.2 Å². The first-order valence-electron chi connectivity index (χ1n) is 4.71. The Balaban J connectivity index is 3.00. The number of methoxy groups -OCH3 is 1. The molecule has 0 aliphatic carbocycles. The van der Waals surface area contributed by atoms with Crippen molar-refractivity contribution in [3.8, 4) is 0 Å². The number of nitrogens with zero attached hydrogens (tertiary/aromatic N) is 2. The van der Waals surface area contributed by atoms with Crippen LogP contribution in [0.15, 0.2) is 11.1 Å². The van der Waals surface area contributed by atoms with Crippen LogP contribution >= 0.6 is 10.7 Å². The molecule has 0 aliphatic heterocycles. The van der Waals surface area contributed by atoms with Crippen LogP contribution in [0.2, 0.25) is 0 Å². The first kappa shape index (κ1) is 6.80. The minimum absolute atomic E-state index is 0.0890. The van der Waals surface area contributed by atoms with Gasteiger partial charge in [0.05, 0.1) is 22.6 Å². The maximum Gasteiger partial charge on any atom is 0.264 e. The second kappa shape index (κ2) is 3.65. The molecule has 1 aromatic heterocycles. The highest BCUT2D eigenvalue weighted by Gasteiger charge is 2.19. The first-order chi connectivity index (χ1) is 7.11. The van der Waals surface area contributed by atoms with Crippen LogP contribution in [0.1, 0.15) is 9.81 Å². The van der Waals surface area contributed by atoms with E-state index in [0.29, 0.717) is 0 Å². The summed E-state index contributed by atoms with van der Waals surface area (Å²) in [5.41, 5.74) is 0.0890. The molecule has 74 valence electrons. The fourth-order valence-corrected chi connectivity index (χ4v) is 1.91. The molecule has 0 aromatic carbocycles. The molecule has 0 fully saturated rings. The van der Waals surface area contributed by atoms with E-state index in [1.807, 2.05) is 0 Å². The quantitative estimate of drug-likeness (QED) is 0.706. The van der Waals surface area contributed by atoms with Gasteiger partial charge in [-0.15, -0.1) is 0 Å². The van der Waals surface area contributed by atoms with E-state index in [2.05, 4.69) is 9.84 Å². The fourth-order valence-electron chi connectivity index (χ4n) is 0.879. The predicted octanol–water partition coefficient (Wildman–Crippen LogP) is 0.494. The van der Waals surface area contributed by atoms with Crippen LogP contribution in [0.3, 0.4) is 0 Å². The smallest absolute Gasteiger partial charge is 0.264 e. The van der Waals surface area contributed by atoms with Crippen molar-refractivity contribution in [2.45, 2.75) is 11.5 Å². The van der Waals surface area contributed by atoms with Gasteiger partial charge < -0.3 is 4.74 Å². The van der Waals surface area contributed by atoms with Crippen LogP contribution in [0.5, 0.6) is 0 Å². The van der Waals surface area contributed by atoms with E-state index >= 15 is 0 Å². The van der Waals surface area contributed by atoms with Crippen molar-refractivity contribution in [1.29, 1.82) is 0 Å². The van der Waals surface area contributed by atoms with Crippen LogP contribution < -0.4 is 0 Å². The van der Waals surface area contributed by atoms with Gasteiger partial charge in [0, 0.05) is 24.8 Å². The van der Waals surface area contributed by atoms with Crippen molar-refractivity contribution in [3.05, 3.63) is 11.9 Å². The lowest BCUT2D eigenvalue weighted by molar-refractivity contribution is 0.175. The monoisotopic (exact) mass is 227 g/mol. The summed E-state index contributed by atoms with van der Waals surface area (Å²) in [5, 5.41) is 3.67. The van der Waals surface area contributed by atoms with Crippen molar-refractivity contribution >= 4 is 19.7 Å². The Morgan fingerprint density at radius 1 is 1.85 bits per heavy atom. The van der Waals surface area contributed by atoms with Crippen molar-refractivity contribution in [2.24, 2.45) is 7.05 Å². The zero-order chi connectivity index (χ0) is 12.6. The van der Waals surface area contributed by atoms with Gasteiger partial charge in [0.15, 0.2) is 0 Å². The lowest BCUT2D eigenvalue weighted by Crippen LogP contribution is -2.03. The molecule has 0 unspecified atom stereocenters. The molecule has 0 amide bonds. The average Bonchev–Trinajstić information content (AvgIpc) is 2.41. The summed E-state index contributed by atoms with van der Waals surface area (Å²) >= 11 is 0. The van der Waals surface area contributed by atoms with Gasteiger partial charge in [0.2, 0.25) is 0 Å². The van der Waals surface area contributed by atoms with E-state index in [9.17, 15) is 8.42 Å². The van der Waals surface area contributed by atoms with E-state index in [1.165, 1.54) is 11.7 Å². The molecule has 13 heavy (non-hydrogen) atoms. The predicted molar refractivity (Wildman–Crippen MR) is 47.0 cm³/mol. The van der Waals surface area contributed by atoms with Gasteiger partial charge in [-0.1, -0.05) is 0 Å². The van der Waals surface area contributed by atoms with Gasteiger partial charge in [0.25, 0.3) is 9.05 Å². The Kier molecular flexibility index (Phi) is 1.91. The highest BCUT2D eigenvalue weighted by atomic mass is 35.7. The highest BCUT2D eigenvalue weighted by molar-refractivity contribution is 8.13. The van der Waals surface area contributed by atoms with E-state index in [1.54, 1.807) is 0 Å². The van der Waals surface area contributed by atoms with E-state index in [4.69, 9.17) is 14.8 Å². The molecule has 0 N–H and O–H groups in total. The lowest BCUT2D eigenvalue weighted by atomic mass is 10.4. The molecule has 1 aromatic rings. The van der Waals surface area contributed by atoms with Crippen LogP contribution in [0.4, 0.5) is 0 Å². The Bertz CT molecular complexity index is 482. The van der Waals surface area contributed by atoms with E-state index in [-0.39, 0.29) is 10.6 Å². The molecule has 0 radical (unpaired) electrons. The highest BCUT2D eigenvalue weighted by Crippen LogP contribution is 2.19. The molecular formula is C6H9ClN2O3S. The van der Waals surface area contributed by atoms with Gasteiger partial charge in [-0.2, -0.15) is 5.10 Å². The molecule has 1 rings (SSSR count). The standard InChI is InChI=1S/C6H9ClN2O3S/c1-9-5(4-12-2)6(3-8-9)13(7,10)11/h3H,4H2,1-2H3/i2D3. The molecule has 0 saturated heterocycles. The largest absolute Gasteiger partial charge is 0.378 e. The Hall–Kier alpha value is -0.590. The fraction of sp³-hybridized carbons (Fsp3) is 0.500. The third-order valence-electron chi connectivity index (χ3n) is 1.49. The molecular weight excluding hydrogens is 216 g/mol. The molecule has 0 saturated carbocycles. The molecule has 0 aliphatic rings. The zero-order valence-electron chi connectivity index (χ0n) is 9.69. The van der Waals surface area contributed by atoms with Crippen molar-refractivity contribution in [2.75, 3.05) is 7.04 Å². The van der Waals surface area contributed by atoms with Crippen LogP contribution in [-0.2, 0) is 27.4 Å². The van der Waals surface area contributed by atoms with Gasteiger partial charge in [0.1, 0.15) is 4.90 Å². The maximum absolute atomic E-state index is 11.1. The number of ether oxygens (including phenoxy) is 1. The summed E-state index contributed by atoms with van der Waals surface area (Å²) in [5.74, 6) is 0. The Morgan fingerprint density at radius 2 is 2.54 bits per heavy atom. The molecule has 7 heteroatoms. The zero-order valence-corrected chi connectivity index (χ0v) is 8.26. The minimum Gasteiger partial charge on any atom is -0.378 e. The van der Waals surface area contributed by atoms with Gasteiger partial charge in [-0.3, -0.25) is 4.68 Å². The third-order valence-corrected chi connectivity index (χ3v) is 2.86. The van der Waals surface area contributed by atoms with Crippen molar-refractivity contribution < 1.29 is 17.3 Å². The number of aryl methyl sites for hydroxylation is 1. The first-order valence-corrected chi connectivity index (χ1v) is 5.52. The van der Waals surface area contributed by atoms with Gasteiger partial charge in [-0.25, -0.2) is 8.42 Å². The molecule has 5 nitrogen and oxygen atoms in total. The summed E-state index contributed by atoms with van der Waals surface area (Å²) in [7, 11) is 0.0571. The summed E-state index contributed by atoms with van der Waals surface area (Å²) < 4.78 is 48.4. The SMILES string of the molecule is [2H]C([2H])([2H])OCc1c(S(=O)(=O)Cl)cnn1C. The summed E-state index contributed by atoms with van der Waals surface area (Å²) in [6, 6.07) is 0. The number of rotatable bonds is 3. The topological polar surface area (TPSA) is 61.2 Å². The maximum atomic E-state index is 11.1. The third kappa shape index (κ3) is 2.20. The van der Waals surface area contributed by atoms with E-state index < -0.39 is 22.7 Å². The Morgan fingerprint density at radius 3 is 3.08 bits per heavy atom. The van der Waals surface area contributed by atoms with Gasteiger partial charge >= 0.3 is 0 Å². The number of hydrogen-bond acceptors (Lipinski definition) is 4. The van der Waals surface area contributed by atoms with Crippen molar-refractivity contribution in [1.82, 2.24) is 9.78 Å². The van der Waals surface area contributed by atoms with Gasteiger partial charge in [-0.05, 0) is 0 Å². The number of halogens is 1. The lowest BCUT2D eigenvalue weighted by Gasteiger charge is -2.01. The second-order valence-corrected chi connectivity index (χ2v) is 4.84. The molecule has 1 heterocycles. The molecule has 0 spiro atoms. The minimum atomic E-state index is -3.96. The molecule has 0 atom stereocenters. The summed E-state index contributed by atoms with van der Waals surface area (Å²) in [4.78, 5) is -0.249. The summed E-state index contributed by atoms with van der Waals surface area (Å²) in [6.45, 7) is -0.408. The Labute approximate surface area is 84.9 Å². The van der Waals surface area contributed by atoms with E-state index in [0.717, 1.165) is 6.20 Å². The van der Waals surface area contributed by atoms with Crippen LogP contribution in [0.25, 0.3) is 0 Å².